The fourth-order valence-electron chi connectivity index (χ4n) is 1.78. The van der Waals surface area contributed by atoms with E-state index >= 15 is 0 Å². The van der Waals surface area contributed by atoms with Gasteiger partial charge in [-0.05, 0) is 25.7 Å². The Labute approximate surface area is 103 Å². The highest BCUT2D eigenvalue weighted by Gasteiger charge is 2.37. The van der Waals surface area contributed by atoms with Crippen molar-refractivity contribution in [2.24, 2.45) is 5.92 Å². The van der Waals surface area contributed by atoms with Gasteiger partial charge in [-0.3, -0.25) is 9.59 Å². The number of aliphatic carboxylic acids is 1. The summed E-state index contributed by atoms with van der Waals surface area (Å²) in [6.45, 7) is 1.70. The predicted octanol–water partition coefficient (Wildman–Crippen LogP) is 0.276. The molecule has 1 atom stereocenters. The van der Waals surface area contributed by atoms with Crippen LogP contribution in [0.15, 0.2) is 17.1 Å². The molecule has 3 N–H and O–H groups in total. The number of aromatic nitrogens is 1. The lowest BCUT2D eigenvalue weighted by Gasteiger charge is -2.13. The van der Waals surface area contributed by atoms with Crippen LogP contribution in [0.4, 0.5) is 0 Å². The number of carbonyl (C=O) groups excluding carboxylic acids is 1. The van der Waals surface area contributed by atoms with Crippen molar-refractivity contribution in [2.75, 3.05) is 0 Å². The molecule has 1 aromatic heterocycles. The van der Waals surface area contributed by atoms with Crippen LogP contribution in [0, 0.1) is 12.8 Å². The maximum atomic E-state index is 11.8. The normalized spacial score (nSPS) is 16.1. The van der Waals surface area contributed by atoms with Gasteiger partial charge in [-0.2, -0.15) is 0 Å². The molecule has 1 aliphatic rings. The Bertz CT molecular complexity index is 545. The molecular formula is C12H14N2O4. The SMILES string of the molecule is Cc1cc(=O)c(C(=O)NC(C(=O)O)C2CC2)c[nH]1. The largest absolute Gasteiger partial charge is 0.480 e. The minimum absolute atomic E-state index is 0.0176. The summed E-state index contributed by atoms with van der Waals surface area (Å²) in [5, 5.41) is 11.4. The molecule has 2 rings (SSSR count). The molecule has 0 aromatic carbocycles. The maximum Gasteiger partial charge on any atom is 0.326 e. The molecule has 0 radical (unpaired) electrons. The van der Waals surface area contributed by atoms with Crippen LogP contribution in [-0.2, 0) is 4.79 Å². The molecule has 0 spiro atoms. The molecule has 1 aromatic rings. The third kappa shape index (κ3) is 2.58. The summed E-state index contributed by atoms with van der Waals surface area (Å²) in [5.74, 6) is -1.72. The predicted molar refractivity (Wildman–Crippen MR) is 63.4 cm³/mol. The van der Waals surface area contributed by atoms with Gasteiger partial charge in [0, 0.05) is 18.0 Å². The standard InChI is InChI=1S/C12H14N2O4/c1-6-4-9(15)8(5-13-6)11(16)14-10(12(17)18)7-2-3-7/h4-5,7,10H,2-3H2,1H3,(H,13,15)(H,14,16)(H,17,18). The Morgan fingerprint density at radius 3 is 2.67 bits per heavy atom. The van der Waals surface area contributed by atoms with E-state index in [-0.39, 0.29) is 11.5 Å². The van der Waals surface area contributed by atoms with Crippen molar-refractivity contribution in [3.05, 3.63) is 33.7 Å². The van der Waals surface area contributed by atoms with Crippen molar-refractivity contribution in [1.29, 1.82) is 0 Å². The number of carbonyl (C=O) groups is 2. The van der Waals surface area contributed by atoms with E-state index < -0.39 is 23.3 Å². The van der Waals surface area contributed by atoms with E-state index in [0.717, 1.165) is 12.8 Å². The van der Waals surface area contributed by atoms with Gasteiger partial charge in [-0.15, -0.1) is 0 Å². The Morgan fingerprint density at radius 1 is 1.50 bits per heavy atom. The summed E-state index contributed by atoms with van der Waals surface area (Å²) in [6.07, 6.45) is 2.89. The molecular weight excluding hydrogens is 236 g/mol. The Hall–Kier alpha value is -2.11. The van der Waals surface area contributed by atoms with Crippen LogP contribution < -0.4 is 10.7 Å². The topological polar surface area (TPSA) is 99.3 Å². The summed E-state index contributed by atoms with van der Waals surface area (Å²) >= 11 is 0. The van der Waals surface area contributed by atoms with Crippen LogP contribution in [0.1, 0.15) is 28.9 Å². The highest BCUT2D eigenvalue weighted by atomic mass is 16.4. The Balaban J connectivity index is 2.16. The Morgan fingerprint density at radius 2 is 2.17 bits per heavy atom. The maximum absolute atomic E-state index is 11.8. The summed E-state index contributed by atoms with van der Waals surface area (Å²) in [5.41, 5.74) is 0.171. The first kappa shape index (κ1) is 12.3. The second-order valence-corrected chi connectivity index (χ2v) is 4.52. The minimum Gasteiger partial charge on any atom is -0.480 e. The van der Waals surface area contributed by atoms with Crippen LogP contribution in [0.3, 0.4) is 0 Å². The van der Waals surface area contributed by atoms with E-state index in [4.69, 9.17) is 5.11 Å². The van der Waals surface area contributed by atoms with Gasteiger partial charge in [0.25, 0.3) is 5.91 Å². The van der Waals surface area contributed by atoms with Gasteiger partial charge in [0.05, 0.1) is 0 Å². The van der Waals surface area contributed by atoms with Crippen molar-refractivity contribution < 1.29 is 14.7 Å². The van der Waals surface area contributed by atoms with E-state index in [1.165, 1.54) is 12.3 Å². The number of pyridine rings is 1. The van der Waals surface area contributed by atoms with E-state index in [0.29, 0.717) is 5.69 Å². The molecule has 1 fully saturated rings. The fraction of sp³-hybridized carbons (Fsp3) is 0.417. The molecule has 0 aliphatic heterocycles. The van der Waals surface area contributed by atoms with Gasteiger partial charge >= 0.3 is 5.97 Å². The number of aromatic amines is 1. The van der Waals surface area contributed by atoms with Crippen LogP contribution in [0.2, 0.25) is 0 Å². The summed E-state index contributed by atoms with van der Waals surface area (Å²) in [4.78, 5) is 37.2. The summed E-state index contributed by atoms with van der Waals surface area (Å²) in [6, 6.07) is 0.403. The van der Waals surface area contributed by atoms with Gasteiger partial charge in [0.1, 0.15) is 11.6 Å². The summed E-state index contributed by atoms with van der Waals surface area (Å²) < 4.78 is 0. The van der Waals surface area contributed by atoms with Gasteiger partial charge in [0.2, 0.25) is 0 Å². The molecule has 96 valence electrons. The number of amides is 1. The van der Waals surface area contributed by atoms with Gasteiger partial charge < -0.3 is 15.4 Å². The van der Waals surface area contributed by atoms with Gasteiger partial charge in [-0.25, -0.2) is 4.79 Å². The van der Waals surface area contributed by atoms with Crippen LogP contribution in [0.5, 0.6) is 0 Å². The first-order chi connectivity index (χ1) is 8.49. The number of carboxylic acids is 1. The molecule has 1 heterocycles. The molecule has 6 nitrogen and oxygen atoms in total. The van der Waals surface area contributed by atoms with Crippen LogP contribution in [0.25, 0.3) is 0 Å². The lowest BCUT2D eigenvalue weighted by atomic mass is 10.1. The third-order valence-electron chi connectivity index (χ3n) is 2.95. The number of hydrogen-bond acceptors (Lipinski definition) is 3. The average Bonchev–Trinajstić information content (AvgIpc) is 3.08. The lowest BCUT2D eigenvalue weighted by Crippen LogP contribution is -2.43. The number of carboxylic acid groups (broad SMARTS) is 1. The smallest absolute Gasteiger partial charge is 0.326 e. The minimum atomic E-state index is -1.06. The number of nitrogens with one attached hydrogen (secondary N) is 2. The van der Waals surface area contributed by atoms with E-state index in [1.807, 2.05) is 0 Å². The monoisotopic (exact) mass is 250 g/mol. The zero-order valence-electron chi connectivity index (χ0n) is 9.90. The molecule has 0 saturated heterocycles. The van der Waals surface area contributed by atoms with Crippen LogP contribution >= 0.6 is 0 Å². The van der Waals surface area contributed by atoms with Gasteiger partial charge in [0.15, 0.2) is 5.43 Å². The Kier molecular flexibility index (Phi) is 3.18. The van der Waals surface area contributed by atoms with E-state index in [9.17, 15) is 14.4 Å². The highest BCUT2D eigenvalue weighted by molar-refractivity contribution is 5.96. The number of rotatable bonds is 4. The molecule has 1 aliphatic carbocycles. The zero-order chi connectivity index (χ0) is 13.3. The molecule has 1 amide bonds. The fourth-order valence-corrected chi connectivity index (χ4v) is 1.78. The summed E-state index contributed by atoms with van der Waals surface area (Å²) in [7, 11) is 0. The van der Waals surface area contributed by atoms with Gasteiger partial charge in [-0.1, -0.05) is 0 Å². The van der Waals surface area contributed by atoms with E-state index in [2.05, 4.69) is 10.3 Å². The molecule has 1 unspecified atom stereocenters. The van der Waals surface area contributed by atoms with Crippen molar-refractivity contribution >= 4 is 11.9 Å². The van der Waals surface area contributed by atoms with Crippen molar-refractivity contribution in [2.45, 2.75) is 25.8 Å². The molecule has 18 heavy (non-hydrogen) atoms. The quantitative estimate of drug-likeness (QED) is 0.714. The number of aryl methyl sites for hydroxylation is 1. The molecule has 6 heteroatoms. The first-order valence-electron chi connectivity index (χ1n) is 5.72. The van der Waals surface area contributed by atoms with Crippen LogP contribution in [-0.4, -0.2) is 28.0 Å². The first-order valence-corrected chi connectivity index (χ1v) is 5.72. The molecule has 1 saturated carbocycles. The third-order valence-corrected chi connectivity index (χ3v) is 2.95. The highest BCUT2D eigenvalue weighted by Crippen LogP contribution is 2.32. The van der Waals surface area contributed by atoms with E-state index in [1.54, 1.807) is 6.92 Å². The van der Waals surface area contributed by atoms with Crippen molar-refractivity contribution in [3.8, 4) is 0 Å². The molecule has 0 bridgehead atoms. The lowest BCUT2D eigenvalue weighted by molar-refractivity contribution is -0.139. The number of H-pyrrole nitrogens is 1. The zero-order valence-corrected chi connectivity index (χ0v) is 9.90. The second kappa shape index (κ2) is 4.64. The number of hydrogen-bond donors (Lipinski definition) is 3. The van der Waals surface area contributed by atoms with Crippen molar-refractivity contribution in [1.82, 2.24) is 10.3 Å². The second-order valence-electron chi connectivity index (χ2n) is 4.52. The van der Waals surface area contributed by atoms with Crippen molar-refractivity contribution in [3.63, 3.8) is 0 Å². The average molecular weight is 250 g/mol.